The van der Waals surface area contributed by atoms with Crippen molar-refractivity contribution in [2.24, 2.45) is 0 Å². The van der Waals surface area contributed by atoms with Crippen molar-refractivity contribution in [3.63, 3.8) is 0 Å². The number of hydrogen-bond donors (Lipinski definition) is 1. The van der Waals surface area contributed by atoms with E-state index in [1.807, 2.05) is 37.3 Å². The second-order valence-electron chi connectivity index (χ2n) is 4.92. The maximum absolute atomic E-state index is 13.8. The van der Waals surface area contributed by atoms with Crippen molar-refractivity contribution < 1.29 is 4.39 Å². The average Bonchev–Trinajstić information content (AvgIpc) is 2.48. The number of nitrogens with one attached hydrogen (secondary N) is 1. The van der Waals surface area contributed by atoms with Gasteiger partial charge >= 0.3 is 0 Å². The van der Waals surface area contributed by atoms with Crippen LogP contribution in [-0.4, -0.2) is 4.98 Å². The fourth-order valence-electron chi connectivity index (χ4n) is 2.32. The van der Waals surface area contributed by atoms with Gasteiger partial charge in [-0.1, -0.05) is 28.1 Å². The standard InChI is InChI=1S/C17H14BrFN2/c1-11-4-7-16(14-3-2-8-20-17(11)14)21-10-12-5-6-13(18)9-15(12)19/h2-9,21H,10H2,1H3. The van der Waals surface area contributed by atoms with Crippen molar-refractivity contribution in [3.05, 3.63) is 70.1 Å². The van der Waals surface area contributed by atoms with E-state index >= 15 is 0 Å². The number of pyridine rings is 1. The van der Waals surface area contributed by atoms with Crippen LogP contribution in [0.2, 0.25) is 0 Å². The summed E-state index contributed by atoms with van der Waals surface area (Å²) in [6.45, 7) is 2.47. The Kier molecular flexibility index (Phi) is 3.88. The second kappa shape index (κ2) is 5.82. The summed E-state index contributed by atoms with van der Waals surface area (Å²) in [5.41, 5.74) is 3.70. The Balaban J connectivity index is 1.90. The predicted molar refractivity (Wildman–Crippen MR) is 87.9 cm³/mol. The summed E-state index contributed by atoms with van der Waals surface area (Å²) in [7, 11) is 0. The lowest BCUT2D eigenvalue weighted by Gasteiger charge is -2.11. The molecule has 1 heterocycles. The highest BCUT2D eigenvalue weighted by molar-refractivity contribution is 9.10. The molecular weight excluding hydrogens is 331 g/mol. The number of aromatic nitrogens is 1. The number of fused-ring (bicyclic) bond motifs is 1. The fraction of sp³-hybridized carbons (Fsp3) is 0.118. The highest BCUT2D eigenvalue weighted by Crippen LogP contribution is 2.25. The molecule has 0 aliphatic carbocycles. The van der Waals surface area contributed by atoms with E-state index in [0.717, 1.165) is 26.6 Å². The molecule has 0 amide bonds. The SMILES string of the molecule is Cc1ccc(NCc2ccc(Br)cc2F)c2cccnc12. The van der Waals surface area contributed by atoms with Crippen LogP contribution in [0.15, 0.2) is 53.1 Å². The lowest BCUT2D eigenvalue weighted by Crippen LogP contribution is -2.02. The number of nitrogens with zero attached hydrogens (tertiary/aromatic N) is 1. The second-order valence-corrected chi connectivity index (χ2v) is 5.83. The normalized spacial score (nSPS) is 10.8. The molecule has 2 aromatic carbocycles. The first-order valence-electron chi connectivity index (χ1n) is 6.67. The molecule has 3 aromatic rings. The van der Waals surface area contributed by atoms with Crippen LogP contribution in [0.3, 0.4) is 0 Å². The Bertz CT molecular complexity index is 802. The van der Waals surface area contributed by atoms with Crippen molar-refractivity contribution in [1.29, 1.82) is 0 Å². The fourth-order valence-corrected chi connectivity index (χ4v) is 2.66. The minimum absolute atomic E-state index is 0.216. The number of aryl methyl sites for hydroxylation is 1. The molecule has 0 aliphatic heterocycles. The zero-order valence-corrected chi connectivity index (χ0v) is 13.1. The molecule has 0 unspecified atom stereocenters. The van der Waals surface area contributed by atoms with E-state index in [-0.39, 0.29) is 5.82 Å². The van der Waals surface area contributed by atoms with Crippen LogP contribution in [0.5, 0.6) is 0 Å². The maximum Gasteiger partial charge on any atom is 0.129 e. The Hall–Kier alpha value is -1.94. The zero-order chi connectivity index (χ0) is 14.8. The Morgan fingerprint density at radius 3 is 2.86 bits per heavy atom. The van der Waals surface area contributed by atoms with Gasteiger partial charge in [0.05, 0.1) is 5.52 Å². The highest BCUT2D eigenvalue weighted by atomic mass is 79.9. The third kappa shape index (κ3) is 2.90. The van der Waals surface area contributed by atoms with Gasteiger partial charge < -0.3 is 5.32 Å². The number of hydrogen-bond acceptors (Lipinski definition) is 2. The molecule has 0 atom stereocenters. The molecule has 3 rings (SSSR count). The Morgan fingerprint density at radius 1 is 1.19 bits per heavy atom. The van der Waals surface area contributed by atoms with Crippen LogP contribution < -0.4 is 5.32 Å². The molecular formula is C17H14BrFN2. The van der Waals surface area contributed by atoms with Gasteiger partial charge in [-0.05, 0) is 42.8 Å². The molecule has 0 radical (unpaired) electrons. The first-order chi connectivity index (χ1) is 10.1. The van der Waals surface area contributed by atoms with E-state index in [1.165, 1.54) is 6.07 Å². The Morgan fingerprint density at radius 2 is 2.05 bits per heavy atom. The van der Waals surface area contributed by atoms with Crippen LogP contribution >= 0.6 is 15.9 Å². The van der Waals surface area contributed by atoms with E-state index in [2.05, 4.69) is 26.2 Å². The van der Waals surface area contributed by atoms with Gasteiger partial charge in [0.1, 0.15) is 5.82 Å². The quantitative estimate of drug-likeness (QED) is 0.718. The Labute approximate surface area is 131 Å². The highest BCUT2D eigenvalue weighted by Gasteiger charge is 2.06. The van der Waals surface area contributed by atoms with Gasteiger partial charge in [0, 0.05) is 33.9 Å². The van der Waals surface area contributed by atoms with E-state index in [1.54, 1.807) is 12.3 Å². The van der Waals surface area contributed by atoms with Crippen molar-refractivity contribution >= 4 is 32.5 Å². The van der Waals surface area contributed by atoms with E-state index in [4.69, 9.17) is 0 Å². The predicted octanol–water partition coefficient (Wildman–Crippen LogP) is 5.06. The molecule has 0 fully saturated rings. The van der Waals surface area contributed by atoms with Gasteiger partial charge in [-0.3, -0.25) is 4.98 Å². The summed E-state index contributed by atoms with van der Waals surface area (Å²) >= 11 is 3.26. The van der Waals surface area contributed by atoms with E-state index in [0.29, 0.717) is 12.1 Å². The minimum Gasteiger partial charge on any atom is -0.380 e. The number of benzene rings is 2. The molecule has 0 aliphatic rings. The van der Waals surface area contributed by atoms with Gasteiger partial charge in [0.15, 0.2) is 0 Å². The third-order valence-corrected chi connectivity index (χ3v) is 3.95. The van der Waals surface area contributed by atoms with Crippen LogP contribution in [0.25, 0.3) is 10.9 Å². The van der Waals surface area contributed by atoms with Crippen molar-refractivity contribution in [2.45, 2.75) is 13.5 Å². The summed E-state index contributed by atoms with van der Waals surface area (Å²) in [5, 5.41) is 4.35. The van der Waals surface area contributed by atoms with Crippen molar-refractivity contribution in [2.75, 3.05) is 5.32 Å². The van der Waals surface area contributed by atoms with Gasteiger partial charge in [-0.15, -0.1) is 0 Å². The summed E-state index contributed by atoms with van der Waals surface area (Å²) < 4.78 is 14.6. The largest absolute Gasteiger partial charge is 0.380 e. The van der Waals surface area contributed by atoms with E-state index < -0.39 is 0 Å². The van der Waals surface area contributed by atoms with Gasteiger partial charge in [0.2, 0.25) is 0 Å². The monoisotopic (exact) mass is 344 g/mol. The summed E-state index contributed by atoms with van der Waals surface area (Å²) in [4.78, 5) is 4.41. The maximum atomic E-state index is 13.8. The number of anilines is 1. The molecule has 2 nitrogen and oxygen atoms in total. The first-order valence-corrected chi connectivity index (χ1v) is 7.46. The van der Waals surface area contributed by atoms with Crippen molar-refractivity contribution in [3.8, 4) is 0 Å². The lowest BCUT2D eigenvalue weighted by molar-refractivity contribution is 0.612. The molecule has 21 heavy (non-hydrogen) atoms. The lowest BCUT2D eigenvalue weighted by atomic mass is 10.1. The average molecular weight is 345 g/mol. The molecule has 0 bridgehead atoms. The smallest absolute Gasteiger partial charge is 0.129 e. The van der Waals surface area contributed by atoms with Gasteiger partial charge in [-0.25, -0.2) is 4.39 Å². The minimum atomic E-state index is -0.216. The van der Waals surface area contributed by atoms with E-state index in [9.17, 15) is 4.39 Å². The van der Waals surface area contributed by atoms with Crippen LogP contribution in [0, 0.1) is 12.7 Å². The van der Waals surface area contributed by atoms with Crippen LogP contribution in [0.4, 0.5) is 10.1 Å². The summed E-state index contributed by atoms with van der Waals surface area (Å²) in [6.07, 6.45) is 1.79. The van der Waals surface area contributed by atoms with Gasteiger partial charge in [-0.2, -0.15) is 0 Å². The number of halogens is 2. The molecule has 1 aromatic heterocycles. The van der Waals surface area contributed by atoms with Crippen LogP contribution in [-0.2, 0) is 6.54 Å². The molecule has 106 valence electrons. The molecule has 0 saturated carbocycles. The topological polar surface area (TPSA) is 24.9 Å². The van der Waals surface area contributed by atoms with Crippen LogP contribution in [0.1, 0.15) is 11.1 Å². The summed E-state index contributed by atoms with van der Waals surface area (Å²) in [6, 6.07) is 13.1. The molecule has 0 spiro atoms. The molecule has 0 saturated heterocycles. The zero-order valence-electron chi connectivity index (χ0n) is 11.5. The summed E-state index contributed by atoms with van der Waals surface area (Å²) in [5.74, 6) is -0.216. The first kappa shape index (κ1) is 14.0. The molecule has 1 N–H and O–H groups in total. The molecule has 4 heteroatoms. The van der Waals surface area contributed by atoms with Crippen molar-refractivity contribution in [1.82, 2.24) is 4.98 Å². The third-order valence-electron chi connectivity index (χ3n) is 3.46. The van der Waals surface area contributed by atoms with Gasteiger partial charge in [0.25, 0.3) is 0 Å². The number of rotatable bonds is 3.